The summed E-state index contributed by atoms with van der Waals surface area (Å²) in [6.45, 7) is 0.172. The Bertz CT molecular complexity index is 889. The van der Waals surface area contributed by atoms with E-state index in [1.165, 1.54) is 24.3 Å². The van der Waals surface area contributed by atoms with Crippen molar-refractivity contribution in [3.05, 3.63) is 106 Å². The number of amides is 1. The molecule has 1 N–H and O–H groups in total. The molecule has 0 unspecified atom stereocenters. The van der Waals surface area contributed by atoms with E-state index < -0.39 is 4.92 Å². The fourth-order valence-corrected chi connectivity index (χ4v) is 3.16. The highest BCUT2D eigenvalue weighted by Gasteiger charge is 2.21. The van der Waals surface area contributed by atoms with Crippen molar-refractivity contribution in [2.45, 2.75) is 6.04 Å². The number of carbonyl (C=O) groups is 1. The molecule has 0 spiro atoms. The van der Waals surface area contributed by atoms with Gasteiger partial charge in [-0.2, -0.15) is 0 Å². The fourth-order valence-electron chi connectivity index (χ4n) is 3.16. The summed E-state index contributed by atoms with van der Waals surface area (Å²) >= 11 is 0. The Hall–Kier alpha value is -3.51. The van der Waals surface area contributed by atoms with Gasteiger partial charge in [-0.25, -0.2) is 0 Å². The van der Waals surface area contributed by atoms with Crippen LogP contribution in [0.15, 0.2) is 84.9 Å². The van der Waals surface area contributed by atoms with E-state index in [-0.39, 0.29) is 24.2 Å². The average molecular weight is 375 g/mol. The number of anilines is 1. The van der Waals surface area contributed by atoms with Gasteiger partial charge < -0.3 is 5.32 Å². The van der Waals surface area contributed by atoms with Crippen molar-refractivity contribution in [1.82, 2.24) is 4.90 Å². The number of carbonyl (C=O) groups excluding carboxylic acids is 1. The SMILES string of the molecule is CN(CC(=O)Nc1ccc([N+](=O)[O-])cc1)C(c1ccccc1)c1ccccc1. The van der Waals surface area contributed by atoms with Gasteiger partial charge in [0.2, 0.25) is 5.91 Å². The van der Waals surface area contributed by atoms with Gasteiger partial charge in [-0.3, -0.25) is 19.8 Å². The summed E-state index contributed by atoms with van der Waals surface area (Å²) in [7, 11) is 1.90. The van der Waals surface area contributed by atoms with Crippen LogP contribution in [0.5, 0.6) is 0 Å². The first-order chi connectivity index (χ1) is 13.5. The fraction of sp³-hybridized carbons (Fsp3) is 0.136. The summed E-state index contributed by atoms with van der Waals surface area (Å²) in [5.74, 6) is -0.187. The van der Waals surface area contributed by atoms with Gasteiger partial charge in [-0.05, 0) is 30.3 Å². The Morgan fingerprint density at radius 2 is 1.43 bits per heavy atom. The maximum atomic E-state index is 12.5. The summed E-state index contributed by atoms with van der Waals surface area (Å²) in [6, 6.07) is 25.8. The van der Waals surface area contributed by atoms with Gasteiger partial charge in [0.15, 0.2) is 0 Å². The minimum atomic E-state index is -0.469. The smallest absolute Gasteiger partial charge is 0.269 e. The lowest BCUT2D eigenvalue weighted by Crippen LogP contribution is -2.33. The first-order valence-electron chi connectivity index (χ1n) is 8.89. The highest BCUT2D eigenvalue weighted by molar-refractivity contribution is 5.92. The zero-order chi connectivity index (χ0) is 19.9. The van der Waals surface area contributed by atoms with Crippen LogP contribution in [0.2, 0.25) is 0 Å². The van der Waals surface area contributed by atoms with Gasteiger partial charge in [0, 0.05) is 17.8 Å². The van der Waals surface area contributed by atoms with E-state index in [4.69, 9.17) is 0 Å². The van der Waals surface area contributed by atoms with Crippen LogP contribution in [0, 0.1) is 10.1 Å². The second-order valence-corrected chi connectivity index (χ2v) is 6.49. The third kappa shape index (κ3) is 4.81. The molecule has 0 aliphatic carbocycles. The molecule has 0 radical (unpaired) electrons. The third-order valence-electron chi connectivity index (χ3n) is 4.43. The average Bonchev–Trinajstić information content (AvgIpc) is 2.70. The van der Waals surface area contributed by atoms with E-state index in [0.717, 1.165) is 11.1 Å². The molecule has 1 amide bonds. The van der Waals surface area contributed by atoms with Crippen molar-refractivity contribution in [2.75, 3.05) is 18.9 Å². The number of nitro benzene ring substituents is 1. The van der Waals surface area contributed by atoms with Crippen LogP contribution in [-0.2, 0) is 4.79 Å². The summed E-state index contributed by atoms with van der Waals surface area (Å²) in [6.07, 6.45) is 0. The Kier molecular flexibility index (Phi) is 6.14. The number of hydrogen-bond donors (Lipinski definition) is 1. The van der Waals surface area contributed by atoms with Crippen LogP contribution in [0.1, 0.15) is 17.2 Å². The predicted octanol–water partition coefficient (Wildman–Crippen LogP) is 4.25. The zero-order valence-corrected chi connectivity index (χ0v) is 15.5. The Labute approximate surface area is 163 Å². The second kappa shape index (κ2) is 8.92. The summed E-state index contributed by atoms with van der Waals surface area (Å²) in [5.41, 5.74) is 2.71. The third-order valence-corrected chi connectivity index (χ3v) is 4.43. The van der Waals surface area contributed by atoms with Crippen LogP contribution < -0.4 is 5.32 Å². The quantitative estimate of drug-likeness (QED) is 0.495. The number of likely N-dealkylation sites (N-methyl/N-ethyl adjacent to an activating group) is 1. The molecule has 0 aromatic heterocycles. The van der Waals surface area contributed by atoms with Crippen LogP contribution in [0.3, 0.4) is 0 Å². The van der Waals surface area contributed by atoms with Crippen molar-refractivity contribution in [3.8, 4) is 0 Å². The van der Waals surface area contributed by atoms with E-state index >= 15 is 0 Å². The summed E-state index contributed by atoms with van der Waals surface area (Å²) < 4.78 is 0. The van der Waals surface area contributed by atoms with E-state index in [1.54, 1.807) is 0 Å². The number of rotatable bonds is 7. The number of nitro groups is 1. The highest BCUT2D eigenvalue weighted by atomic mass is 16.6. The highest BCUT2D eigenvalue weighted by Crippen LogP contribution is 2.27. The number of benzene rings is 3. The van der Waals surface area contributed by atoms with Crippen LogP contribution in [0.4, 0.5) is 11.4 Å². The second-order valence-electron chi connectivity index (χ2n) is 6.49. The number of hydrogen-bond acceptors (Lipinski definition) is 4. The molecule has 0 saturated carbocycles. The molecule has 0 bridgehead atoms. The lowest BCUT2D eigenvalue weighted by molar-refractivity contribution is -0.384. The molecule has 0 aliphatic rings. The van der Waals surface area contributed by atoms with Gasteiger partial charge in [-0.1, -0.05) is 60.7 Å². The van der Waals surface area contributed by atoms with Gasteiger partial charge in [0.05, 0.1) is 17.5 Å². The maximum absolute atomic E-state index is 12.5. The zero-order valence-electron chi connectivity index (χ0n) is 15.5. The lowest BCUT2D eigenvalue weighted by Gasteiger charge is -2.28. The van der Waals surface area contributed by atoms with Crippen molar-refractivity contribution < 1.29 is 9.72 Å². The molecule has 3 aromatic carbocycles. The molecule has 0 saturated heterocycles. The van der Waals surface area contributed by atoms with Crippen LogP contribution in [-0.4, -0.2) is 29.3 Å². The Morgan fingerprint density at radius 3 is 1.89 bits per heavy atom. The van der Waals surface area contributed by atoms with Crippen molar-refractivity contribution >= 4 is 17.3 Å². The van der Waals surface area contributed by atoms with Gasteiger partial charge in [0.1, 0.15) is 0 Å². The summed E-state index contributed by atoms with van der Waals surface area (Å²) in [5, 5.41) is 13.5. The molecular formula is C22H21N3O3. The normalized spacial score (nSPS) is 10.8. The molecule has 0 heterocycles. The lowest BCUT2D eigenvalue weighted by atomic mass is 9.97. The molecule has 6 nitrogen and oxygen atoms in total. The molecule has 3 aromatic rings. The van der Waals surface area contributed by atoms with Gasteiger partial charge >= 0.3 is 0 Å². The molecule has 0 atom stereocenters. The number of nitrogens with one attached hydrogen (secondary N) is 1. The van der Waals surface area contributed by atoms with E-state index in [9.17, 15) is 14.9 Å². The molecule has 0 fully saturated rings. The number of non-ortho nitro benzene ring substituents is 1. The van der Waals surface area contributed by atoms with E-state index in [1.807, 2.05) is 72.6 Å². The Morgan fingerprint density at radius 1 is 0.929 bits per heavy atom. The monoisotopic (exact) mass is 375 g/mol. The first-order valence-corrected chi connectivity index (χ1v) is 8.89. The standard InChI is InChI=1S/C22H21N3O3/c1-24(16-21(26)23-19-12-14-20(15-13-19)25(27)28)22(17-8-4-2-5-9-17)18-10-6-3-7-11-18/h2-15,22H,16H2,1H3,(H,23,26). The van der Waals surface area contributed by atoms with Crippen LogP contribution in [0.25, 0.3) is 0 Å². The molecule has 6 heteroatoms. The van der Waals surface area contributed by atoms with Crippen molar-refractivity contribution in [2.24, 2.45) is 0 Å². The predicted molar refractivity (Wildman–Crippen MR) is 109 cm³/mol. The molecule has 142 valence electrons. The Balaban J connectivity index is 1.73. The molecule has 28 heavy (non-hydrogen) atoms. The molecule has 0 aliphatic heterocycles. The topological polar surface area (TPSA) is 75.5 Å². The number of nitrogens with zero attached hydrogens (tertiary/aromatic N) is 2. The minimum Gasteiger partial charge on any atom is -0.325 e. The maximum Gasteiger partial charge on any atom is 0.269 e. The van der Waals surface area contributed by atoms with Gasteiger partial charge in [-0.15, -0.1) is 0 Å². The van der Waals surface area contributed by atoms with Crippen molar-refractivity contribution in [3.63, 3.8) is 0 Å². The minimum absolute atomic E-state index is 0.0108. The van der Waals surface area contributed by atoms with Crippen LogP contribution >= 0.6 is 0 Å². The molecule has 3 rings (SSSR count). The van der Waals surface area contributed by atoms with Crippen molar-refractivity contribution in [1.29, 1.82) is 0 Å². The van der Waals surface area contributed by atoms with Gasteiger partial charge in [0.25, 0.3) is 5.69 Å². The molecular weight excluding hydrogens is 354 g/mol. The largest absolute Gasteiger partial charge is 0.325 e. The summed E-state index contributed by atoms with van der Waals surface area (Å²) in [4.78, 5) is 24.8. The first kappa shape index (κ1) is 19.3. The van der Waals surface area contributed by atoms with E-state index in [2.05, 4.69) is 5.32 Å². The van der Waals surface area contributed by atoms with E-state index in [0.29, 0.717) is 5.69 Å².